The molecule has 0 radical (unpaired) electrons. The Labute approximate surface area is 180 Å². The third-order valence-corrected chi connectivity index (χ3v) is 6.37. The van der Waals surface area contributed by atoms with Crippen molar-refractivity contribution in [3.05, 3.63) is 42.2 Å². The molecule has 2 fully saturated rings. The fourth-order valence-electron chi connectivity index (χ4n) is 5.00. The van der Waals surface area contributed by atoms with Crippen molar-refractivity contribution in [3.8, 4) is 11.4 Å². The van der Waals surface area contributed by atoms with Gasteiger partial charge in [-0.1, -0.05) is 0 Å². The minimum absolute atomic E-state index is 0.00400. The first-order chi connectivity index (χ1) is 15.0. The number of piperidine rings is 1. The first-order valence-electron chi connectivity index (χ1n) is 10.6. The molecule has 1 saturated heterocycles. The zero-order valence-electron chi connectivity index (χ0n) is 17.7. The number of ether oxygens (including phenoxy) is 1. The Kier molecular flexibility index (Phi) is 4.94. The Morgan fingerprint density at radius 1 is 1.23 bits per heavy atom. The molecule has 2 aliphatic rings. The van der Waals surface area contributed by atoms with Crippen LogP contribution in [-0.4, -0.2) is 57.6 Å². The minimum atomic E-state index is -0.272. The van der Waals surface area contributed by atoms with Gasteiger partial charge in [0.2, 0.25) is 5.91 Å². The Hall–Kier alpha value is -3.26. The molecule has 5 rings (SSSR count). The van der Waals surface area contributed by atoms with Crippen LogP contribution in [-0.2, 0) is 16.6 Å². The predicted octanol–water partition coefficient (Wildman–Crippen LogP) is 2.84. The van der Waals surface area contributed by atoms with E-state index in [1.807, 2.05) is 28.6 Å². The predicted molar refractivity (Wildman–Crippen MR) is 117 cm³/mol. The molecule has 0 spiro atoms. The molecule has 1 N–H and O–H groups in total. The average Bonchev–Trinajstić information content (AvgIpc) is 3.48. The second-order valence-electron chi connectivity index (χ2n) is 8.39. The van der Waals surface area contributed by atoms with Gasteiger partial charge in [-0.3, -0.25) is 14.6 Å². The van der Waals surface area contributed by atoms with Gasteiger partial charge in [-0.2, -0.15) is 0 Å². The molecule has 2 amide bonds. The van der Waals surface area contributed by atoms with Gasteiger partial charge in [-0.05, 0) is 49.4 Å². The zero-order chi connectivity index (χ0) is 21.5. The van der Waals surface area contributed by atoms with Crippen LogP contribution in [0.15, 0.2) is 36.7 Å². The van der Waals surface area contributed by atoms with Crippen molar-refractivity contribution < 1.29 is 14.3 Å². The van der Waals surface area contributed by atoms with E-state index in [4.69, 9.17) is 9.72 Å². The van der Waals surface area contributed by atoms with Crippen molar-refractivity contribution in [1.29, 1.82) is 0 Å². The van der Waals surface area contributed by atoms with Gasteiger partial charge in [0.05, 0.1) is 16.6 Å². The van der Waals surface area contributed by atoms with Gasteiger partial charge in [-0.25, -0.2) is 4.98 Å². The summed E-state index contributed by atoms with van der Waals surface area (Å²) in [5.41, 5.74) is 3.45. The Balaban J connectivity index is 1.62. The van der Waals surface area contributed by atoms with Crippen LogP contribution in [0.5, 0.6) is 0 Å². The number of carbonyl (C=O) groups is 2. The summed E-state index contributed by atoms with van der Waals surface area (Å²) in [5.74, 6) is 1.08. The van der Waals surface area contributed by atoms with E-state index in [-0.39, 0.29) is 18.4 Å². The third-order valence-electron chi connectivity index (χ3n) is 6.37. The lowest BCUT2D eigenvalue weighted by atomic mass is 10.1. The molecular formula is C23H25N5O3. The summed E-state index contributed by atoms with van der Waals surface area (Å²) in [6, 6.07) is 7.67. The van der Waals surface area contributed by atoms with Crippen molar-refractivity contribution in [2.75, 3.05) is 25.6 Å². The van der Waals surface area contributed by atoms with Crippen LogP contribution in [0.1, 0.15) is 29.6 Å². The molecule has 8 nitrogen and oxygen atoms in total. The highest BCUT2D eigenvalue weighted by molar-refractivity contribution is 6.08. The number of methoxy groups -OCH3 is 1. The largest absolute Gasteiger partial charge is 0.375 e. The number of nitrogens with one attached hydrogen (secondary N) is 1. The number of imidazole rings is 1. The molecule has 3 aromatic rings. The molecule has 2 aromatic heterocycles. The molecule has 1 saturated carbocycles. The number of nitrogens with zero attached hydrogens (tertiary/aromatic N) is 4. The van der Waals surface area contributed by atoms with Gasteiger partial charge in [0, 0.05) is 50.4 Å². The van der Waals surface area contributed by atoms with E-state index in [0.29, 0.717) is 28.7 Å². The van der Waals surface area contributed by atoms with Gasteiger partial charge in [0.25, 0.3) is 5.91 Å². The van der Waals surface area contributed by atoms with E-state index in [1.165, 1.54) is 13.5 Å². The van der Waals surface area contributed by atoms with Crippen molar-refractivity contribution in [2.24, 2.45) is 13.0 Å². The quantitative estimate of drug-likeness (QED) is 0.687. The van der Waals surface area contributed by atoms with Gasteiger partial charge in [-0.15, -0.1) is 0 Å². The molecule has 2 bridgehead atoms. The molecule has 1 aromatic carbocycles. The third kappa shape index (κ3) is 3.46. The van der Waals surface area contributed by atoms with E-state index < -0.39 is 0 Å². The smallest absolute Gasteiger partial charge is 0.256 e. The van der Waals surface area contributed by atoms with Crippen molar-refractivity contribution in [3.63, 3.8) is 0 Å². The van der Waals surface area contributed by atoms with Crippen LogP contribution in [0.25, 0.3) is 22.4 Å². The van der Waals surface area contributed by atoms with Crippen LogP contribution < -0.4 is 5.32 Å². The number of aryl methyl sites for hydroxylation is 1. The maximum absolute atomic E-state index is 13.6. The highest BCUT2D eigenvalue weighted by Gasteiger charge is 2.41. The summed E-state index contributed by atoms with van der Waals surface area (Å²) in [7, 11) is 3.39. The molecular weight excluding hydrogens is 394 g/mol. The fraction of sp³-hybridized carbons (Fsp3) is 0.391. The van der Waals surface area contributed by atoms with Gasteiger partial charge >= 0.3 is 0 Å². The second-order valence-corrected chi connectivity index (χ2v) is 8.39. The van der Waals surface area contributed by atoms with Crippen molar-refractivity contribution in [2.45, 2.75) is 25.3 Å². The SMILES string of the molecule is COCC(=O)Nc1cc(C(=O)N2CC3CCC2C3)c2c(c1)nc(-c1ccncc1)n2C. The van der Waals surface area contributed by atoms with E-state index in [0.717, 1.165) is 36.3 Å². The Morgan fingerprint density at radius 3 is 2.71 bits per heavy atom. The molecule has 31 heavy (non-hydrogen) atoms. The van der Waals surface area contributed by atoms with Crippen LogP contribution >= 0.6 is 0 Å². The lowest BCUT2D eigenvalue weighted by molar-refractivity contribution is -0.119. The van der Waals surface area contributed by atoms with Crippen LogP contribution in [0.3, 0.4) is 0 Å². The summed E-state index contributed by atoms with van der Waals surface area (Å²) in [5, 5.41) is 2.83. The van der Waals surface area contributed by atoms with Crippen molar-refractivity contribution >= 4 is 28.5 Å². The number of likely N-dealkylation sites (tertiary alicyclic amines) is 1. The molecule has 1 aliphatic carbocycles. The molecule has 3 heterocycles. The molecule has 160 valence electrons. The number of pyridine rings is 1. The summed E-state index contributed by atoms with van der Waals surface area (Å²) in [6.45, 7) is 0.752. The maximum Gasteiger partial charge on any atom is 0.256 e. The number of amides is 2. The van der Waals surface area contributed by atoms with Crippen molar-refractivity contribution in [1.82, 2.24) is 19.4 Å². The number of benzene rings is 1. The number of hydrogen-bond donors (Lipinski definition) is 1. The average molecular weight is 419 g/mol. The van der Waals surface area contributed by atoms with E-state index in [2.05, 4.69) is 10.3 Å². The zero-order valence-corrected chi connectivity index (χ0v) is 17.7. The Morgan fingerprint density at radius 2 is 2.03 bits per heavy atom. The maximum atomic E-state index is 13.6. The molecule has 1 aliphatic heterocycles. The topological polar surface area (TPSA) is 89.3 Å². The number of aromatic nitrogens is 3. The van der Waals surface area contributed by atoms with Gasteiger partial charge < -0.3 is 19.5 Å². The summed E-state index contributed by atoms with van der Waals surface area (Å²) < 4.78 is 6.88. The lowest BCUT2D eigenvalue weighted by Gasteiger charge is -2.27. The number of hydrogen-bond acceptors (Lipinski definition) is 5. The number of fused-ring (bicyclic) bond motifs is 3. The standard InChI is InChI=1S/C23H25N5O3/c1-27-21-18(23(30)28-12-14-3-4-17(28)9-14)10-16(25-20(29)13-31-2)11-19(21)26-22(27)15-5-7-24-8-6-15/h5-8,10-11,14,17H,3-4,9,12-13H2,1-2H3,(H,25,29). The van der Waals surface area contributed by atoms with E-state index in [1.54, 1.807) is 24.5 Å². The van der Waals surface area contributed by atoms with Crippen LogP contribution in [0, 0.1) is 5.92 Å². The number of rotatable bonds is 5. The molecule has 8 heteroatoms. The van der Waals surface area contributed by atoms with Crippen LogP contribution in [0.2, 0.25) is 0 Å². The Bertz CT molecular complexity index is 1160. The van der Waals surface area contributed by atoms with Crippen LogP contribution in [0.4, 0.5) is 5.69 Å². The highest BCUT2D eigenvalue weighted by atomic mass is 16.5. The first-order valence-corrected chi connectivity index (χ1v) is 10.6. The summed E-state index contributed by atoms with van der Waals surface area (Å²) >= 11 is 0. The van der Waals surface area contributed by atoms with Gasteiger partial charge in [0.15, 0.2) is 0 Å². The highest BCUT2D eigenvalue weighted by Crippen LogP contribution is 2.39. The molecule has 2 unspecified atom stereocenters. The van der Waals surface area contributed by atoms with Gasteiger partial charge in [0.1, 0.15) is 12.4 Å². The normalized spacial score (nSPS) is 19.9. The number of anilines is 1. The number of carbonyl (C=O) groups excluding carboxylic acids is 2. The summed E-state index contributed by atoms with van der Waals surface area (Å²) in [4.78, 5) is 36.6. The first kappa shape index (κ1) is 19.7. The lowest BCUT2D eigenvalue weighted by Crippen LogP contribution is -2.37. The fourth-order valence-corrected chi connectivity index (χ4v) is 5.00. The monoisotopic (exact) mass is 419 g/mol. The minimum Gasteiger partial charge on any atom is -0.375 e. The summed E-state index contributed by atoms with van der Waals surface area (Å²) in [6.07, 6.45) is 6.80. The van der Waals surface area contributed by atoms with E-state index >= 15 is 0 Å². The molecule has 2 atom stereocenters. The second kappa shape index (κ2) is 7.77. The van der Waals surface area contributed by atoms with E-state index in [9.17, 15) is 9.59 Å².